The summed E-state index contributed by atoms with van der Waals surface area (Å²) in [7, 11) is 0. The standard InChI is InChI=1S/C33H34N2/c1-21-11-16-26(33(5,6)7)20-27(21)29-18-15-23-13-12-22-14-17-28(34-30(22)31(23)35-29)24-9-8-10-25(19-24)32(2,3)4/h8-20H,1-7H3. The fourth-order valence-corrected chi connectivity index (χ4v) is 4.59. The van der Waals surface area contributed by atoms with E-state index in [0.29, 0.717) is 0 Å². The summed E-state index contributed by atoms with van der Waals surface area (Å²) >= 11 is 0. The molecule has 0 fully saturated rings. The molecule has 176 valence electrons. The Balaban J connectivity index is 1.69. The third-order valence-corrected chi connectivity index (χ3v) is 6.92. The lowest BCUT2D eigenvalue weighted by Gasteiger charge is -2.21. The molecule has 5 rings (SSSR count). The third-order valence-electron chi connectivity index (χ3n) is 6.92. The first kappa shape index (κ1) is 23.2. The van der Waals surface area contributed by atoms with Gasteiger partial charge >= 0.3 is 0 Å². The summed E-state index contributed by atoms with van der Waals surface area (Å²) in [5, 5.41) is 2.22. The van der Waals surface area contributed by atoms with Gasteiger partial charge in [0, 0.05) is 21.9 Å². The van der Waals surface area contributed by atoms with Crippen molar-refractivity contribution in [1.82, 2.24) is 9.97 Å². The average molecular weight is 459 g/mol. The second-order valence-electron chi connectivity index (χ2n) is 11.7. The van der Waals surface area contributed by atoms with E-state index in [4.69, 9.17) is 9.97 Å². The van der Waals surface area contributed by atoms with Crippen LogP contribution < -0.4 is 0 Å². The Labute approximate surface area is 209 Å². The molecule has 0 aliphatic carbocycles. The van der Waals surface area contributed by atoms with Gasteiger partial charge in [-0.25, -0.2) is 9.97 Å². The zero-order valence-electron chi connectivity index (χ0n) is 21.9. The lowest BCUT2D eigenvalue weighted by atomic mass is 9.85. The highest BCUT2D eigenvalue weighted by Gasteiger charge is 2.17. The molecule has 0 spiro atoms. The van der Waals surface area contributed by atoms with E-state index in [1.807, 2.05) is 0 Å². The van der Waals surface area contributed by atoms with Crippen molar-refractivity contribution < 1.29 is 0 Å². The van der Waals surface area contributed by atoms with Gasteiger partial charge in [0.05, 0.1) is 22.4 Å². The summed E-state index contributed by atoms with van der Waals surface area (Å²) in [4.78, 5) is 10.3. The number of benzene rings is 3. The Morgan fingerprint density at radius 1 is 0.543 bits per heavy atom. The van der Waals surface area contributed by atoms with E-state index in [1.54, 1.807) is 0 Å². The van der Waals surface area contributed by atoms with Crippen molar-refractivity contribution in [3.8, 4) is 22.5 Å². The largest absolute Gasteiger partial charge is 0.245 e. The predicted octanol–water partition coefficient (Wildman–Crippen LogP) is 9.02. The summed E-state index contributed by atoms with van der Waals surface area (Å²) < 4.78 is 0. The molecule has 0 aliphatic rings. The molecule has 0 radical (unpaired) electrons. The summed E-state index contributed by atoms with van der Waals surface area (Å²) in [6.45, 7) is 15.7. The molecule has 0 unspecified atom stereocenters. The van der Waals surface area contributed by atoms with Gasteiger partial charge in [0.1, 0.15) is 0 Å². The highest BCUT2D eigenvalue weighted by Crippen LogP contribution is 2.33. The summed E-state index contributed by atoms with van der Waals surface area (Å²) in [5.41, 5.74) is 10.2. The highest BCUT2D eigenvalue weighted by molar-refractivity contribution is 6.04. The van der Waals surface area contributed by atoms with Gasteiger partial charge in [0.25, 0.3) is 0 Å². The fraction of sp³-hybridized carbons (Fsp3) is 0.273. The van der Waals surface area contributed by atoms with E-state index in [2.05, 4.69) is 127 Å². The Morgan fingerprint density at radius 3 is 1.71 bits per heavy atom. The molecule has 35 heavy (non-hydrogen) atoms. The van der Waals surface area contributed by atoms with Crippen molar-refractivity contribution in [3.63, 3.8) is 0 Å². The molecule has 5 aromatic rings. The van der Waals surface area contributed by atoms with Crippen LogP contribution >= 0.6 is 0 Å². The minimum atomic E-state index is 0.0873. The lowest BCUT2D eigenvalue weighted by Crippen LogP contribution is -2.11. The van der Waals surface area contributed by atoms with Gasteiger partial charge in [0.15, 0.2) is 0 Å². The molecule has 0 atom stereocenters. The molecular weight excluding hydrogens is 424 g/mol. The van der Waals surface area contributed by atoms with E-state index in [-0.39, 0.29) is 10.8 Å². The summed E-state index contributed by atoms with van der Waals surface area (Å²) in [6, 6.07) is 28.4. The second kappa shape index (κ2) is 8.30. The number of fused-ring (bicyclic) bond motifs is 3. The zero-order valence-corrected chi connectivity index (χ0v) is 21.9. The van der Waals surface area contributed by atoms with Crippen LogP contribution in [0.2, 0.25) is 0 Å². The first-order chi connectivity index (χ1) is 16.5. The van der Waals surface area contributed by atoms with Gasteiger partial charge < -0.3 is 0 Å². The number of pyridine rings is 2. The topological polar surface area (TPSA) is 25.8 Å². The van der Waals surface area contributed by atoms with Gasteiger partial charge in [-0.3, -0.25) is 0 Å². The Bertz CT molecular complexity index is 1560. The van der Waals surface area contributed by atoms with Gasteiger partial charge in [-0.1, -0.05) is 96.1 Å². The number of hydrogen-bond acceptors (Lipinski definition) is 2. The third kappa shape index (κ3) is 4.46. The summed E-state index contributed by atoms with van der Waals surface area (Å²) in [5.74, 6) is 0. The average Bonchev–Trinajstić information content (AvgIpc) is 2.82. The van der Waals surface area contributed by atoms with Crippen LogP contribution in [0.25, 0.3) is 44.3 Å². The van der Waals surface area contributed by atoms with Crippen molar-refractivity contribution in [2.24, 2.45) is 0 Å². The SMILES string of the molecule is Cc1ccc(C(C)(C)C)cc1-c1ccc2ccc3ccc(-c4cccc(C(C)(C)C)c4)nc3c2n1. The van der Waals surface area contributed by atoms with E-state index >= 15 is 0 Å². The molecule has 2 aromatic heterocycles. The van der Waals surface area contributed by atoms with Gasteiger partial charge in [-0.05, 0) is 58.7 Å². The maximum atomic E-state index is 5.19. The molecular formula is C33H34N2. The number of rotatable bonds is 2. The van der Waals surface area contributed by atoms with E-state index in [1.165, 1.54) is 22.3 Å². The molecule has 0 saturated heterocycles. The number of hydrogen-bond donors (Lipinski definition) is 0. The van der Waals surface area contributed by atoms with Crippen molar-refractivity contribution in [3.05, 3.63) is 95.6 Å². The lowest BCUT2D eigenvalue weighted by molar-refractivity contribution is 0.590. The molecule has 3 aromatic carbocycles. The van der Waals surface area contributed by atoms with Crippen LogP contribution in [0.3, 0.4) is 0 Å². The van der Waals surface area contributed by atoms with E-state index in [9.17, 15) is 0 Å². The molecule has 2 nitrogen and oxygen atoms in total. The first-order valence-corrected chi connectivity index (χ1v) is 12.4. The van der Waals surface area contributed by atoms with Crippen LogP contribution in [0.1, 0.15) is 58.2 Å². The van der Waals surface area contributed by atoms with Crippen LogP contribution in [0.4, 0.5) is 0 Å². The van der Waals surface area contributed by atoms with Crippen LogP contribution in [-0.2, 0) is 10.8 Å². The molecule has 0 aliphatic heterocycles. The van der Waals surface area contributed by atoms with E-state index in [0.717, 1.165) is 38.8 Å². The molecule has 0 bridgehead atoms. The zero-order chi connectivity index (χ0) is 25.0. The van der Waals surface area contributed by atoms with Crippen LogP contribution in [0, 0.1) is 6.92 Å². The van der Waals surface area contributed by atoms with Crippen LogP contribution in [-0.4, -0.2) is 9.97 Å². The van der Waals surface area contributed by atoms with E-state index < -0.39 is 0 Å². The number of aryl methyl sites for hydroxylation is 1. The number of aromatic nitrogens is 2. The Kier molecular flexibility index (Phi) is 5.51. The van der Waals surface area contributed by atoms with Gasteiger partial charge in [0.2, 0.25) is 0 Å². The number of nitrogens with zero attached hydrogens (tertiary/aromatic N) is 2. The Morgan fingerprint density at radius 2 is 1.09 bits per heavy atom. The Hall–Kier alpha value is -3.52. The summed E-state index contributed by atoms with van der Waals surface area (Å²) in [6.07, 6.45) is 0. The molecule has 2 heterocycles. The van der Waals surface area contributed by atoms with Gasteiger partial charge in [-0.2, -0.15) is 0 Å². The van der Waals surface area contributed by atoms with Gasteiger partial charge in [-0.15, -0.1) is 0 Å². The minimum absolute atomic E-state index is 0.0873. The normalized spacial score (nSPS) is 12.4. The van der Waals surface area contributed by atoms with Crippen LogP contribution in [0.5, 0.6) is 0 Å². The smallest absolute Gasteiger partial charge is 0.0972 e. The maximum absolute atomic E-state index is 5.19. The van der Waals surface area contributed by atoms with Crippen molar-refractivity contribution in [2.45, 2.75) is 59.3 Å². The molecule has 0 saturated carbocycles. The van der Waals surface area contributed by atoms with Crippen molar-refractivity contribution >= 4 is 21.8 Å². The maximum Gasteiger partial charge on any atom is 0.0972 e. The minimum Gasteiger partial charge on any atom is -0.245 e. The molecule has 2 heteroatoms. The molecule has 0 N–H and O–H groups in total. The van der Waals surface area contributed by atoms with Crippen LogP contribution in [0.15, 0.2) is 78.9 Å². The first-order valence-electron chi connectivity index (χ1n) is 12.4. The van der Waals surface area contributed by atoms with Crippen molar-refractivity contribution in [2.75, 3.05) is 0 Å². The predicted molar refractivity (Wildman–Crippen MR) is 150 cm³/mol. The monoisotopic (exact) mass is 458 g/mol. The van der Waals surface area contributed by atoms with Crippen molar-refractivity contribution in [1.29, 1.82) is 0 Å². The highest BCUT2D eigenvalue weighted by atomic mass is 14.8. The molecule has 0 amide bonds. The fourth-order valence-electron chi connectivity index (χ4n) is 4.59. The quantitative estimate of drug-likeness (QED) is 0.247. The second-order valence-corrected chi connectivity index (χ2v) is 11.7.